The van der Waals surface area contributed by atoms with Gasteiger partial charge in [-0.05, 0) is 51.3 Å². The normalized spacial score (nSPS) is 21.6. The fourth-order valence-corrected chi connectivity index (χ4v) is 3.62. The van der Waals surface area contributed by atoms with Gasteiger partial charge in [-0.3, -0.25) is 9.78 Å². The Bertz CT molecular complexity index is 530. The van der Waals surface area contributed by atoms with Gasteiger partial charge in [-0.25, -0.2) is 4.39 Å². The van der Waals surface area contributed by atoms with Gasteiger partial charge in [0.1, 0.15) is 0 Å². The van der Waals surface area contributed by atoms with Crippen LogP contribution in [0.3, 0.4) is 0 Å². The van der Waals surface area contributed by atoms with Crippen molar-refractivity contribution >= 4 is 5.91 Å². The molecule has 1 amide bonds. The van der Waals surface area contributed by atoms with Gasteiger partial charge in [-0.2, -0.15) is 0 Å². The summed E-state index contributed by atoms with van der Waals surface area (Å²) in [5.74, 6) is -0.729. The first-order chi connectivity index (χ1) is 10.0. The Morgan fingerprint density at radius 2 is 2.05 bits per heavy atom. The molecule has 0 atom stereocenters. The van der Waals surface area contributed by atoms with Crippen molar-refractivity contribution in [3.05, 3.63) is 29.8 Å². The first-order valence-corrected chi connectivity index (χ1v) is 7.56. The summed E-state index contributed by atoms with van der Waals surface area (Å²) < 4.78 is 13.6. The van der Waals surface area contributed by atoms with Crippen molar-refractivity contribution in [3.63, 3.8) is 0 Å². The molecule has 1 aliphatic carbocycles. The highest BCUT2D eigenvalue weighted by atomic mass is 19.1. The highest BCUT2D eigenvalue weighted by molar-refractivity contribution is 5.94. The summed E-state index contributed by atoms with van der Waals surface area (Å²) in [5.41, 5.74) is 0.559. The van der Waals surface area contributed by atoms with Crippen LogP contribution in [0.15, 0.2) is 18.5 Å². The highest BCUT2D eigenvalue weighted by Gasteiger charge is 2.47. The predicted octanol–water partition coefficient (Wildman–Crippen LogP) is 2.17. The molecule has 2 heterocycles. The summed E-state index contributed by atoms with van der Waals surface area (Å²) in [5, 5.41) is 0. The quantitative estimate of drug-likeness (QED) is 0.838. The average Bonchev–Trinajstić information content (AvgIpc) is 2.44. The van der Waals surface area contributed by atoms with E-state index in [1.165, 1.54) is 25.1 Å². The van der Waals surface area contributed by atoms with Crippen LogP contribution in [0.5, 0.6) is 0 Å². The van der Waals surface area contributed by atoms with Crippen LogP contribution < -0.4 is 0 Å². The van der Waals surface area contributed by atoms with Gasteiger partial charge in [0.2, 0.25) is 0 Å². The number of likely N-dealkylation sites (tertiary alicyclic amines) is 1. The molecule has 0 aromatic carbocycles. The Morgan fingerprint density at radius 3 is 2.62 bits per heavy atom. The van der Waals surface area contributed by atoms with Gasteiger partial charge >= 0.3 is 0 Å². The fraction of sp³-hybridized carbons (Fsp3) is 0.625. The van der Waals surface area contributed by atoms with Crippen LogP contribution in [-0.2, 0) is 0 Å². The van der Waals surface area contributed by atoms with Crippen LogP contribution >= 0.6 is 0 Å². The predicted molar refractivity (Wildman–Crippen MR) is 78.5 cm³/mol. The van der Waals surface area contributed by atoms with Gasteiger partial charge < -0.3 is 9.80 Å². The number of hydrogen-bond acceptors (Lipinski definition) is 3. The third kappa shape index (κ3) is 2.67. The molecule has 4 nitrogen and oxygen atoms in total. The molecule has 0 radical (unpaired) electrons. The van der Waals surface area contributed by atoms with Crippen molar-refractivity contribution in [1.29, 1.82) is 0 Å². The lowest BCUT2D eigenvalue weighted by atomic mass is 9.60. The maximum absolute atomic E-state index is 13.6. The molecule has 1 saturated carbocycles. The molecule has 1 aromatic rings. The minimum atomic E-state index is -0.529. The van der Waals surface area contributed by atoms with Crippen LogP contribution in [0.4, 0.5) is 4.39 Å². The number of amides is 1. The van der Waals surface area contributed by atoms with E-state index in [0.29, 0.717) is 11.5 Å². The lowest BCUT2D eigenvalue weighted by molar-refractivity contribution is -0.0232. The summed E-state index contributed by atoms with van der Waals surface area (Å²) in [6.07, 6.45) is 7.10. The molecule has 0 bridgehead atoms. The zero-order valence-corrected chi connectivity index (χ0v) is 12.7. The van der Waals surface area contributed by atoms with E-state index in [9.17, 15) is 9.18 Å². The Morgan fingerprint density at radius 1 is 1.38 bits per heavy atom. The Balaban J connectivity index is 1.60. The van der Waals surface area contributed by atoms with Gasteiger partial charge in [0.15, 0.2) is 5.82 Å². The van der Waals surface area contributed by atoms with Crippen molar-refractivity contribution in [1.82, 2.24) is 14.8 Å². The first kappa shape index (κ1) is 14.4. The monoisotopic (exact) mass is 291 g/mol. The summed E-state index contributed by atoms with van der Waals surface area (Å²) in [6.45, 7) is 1.47. The molecular formula is C16H22FN3O. The molecule has 1 aromatic heterocycles. The second-order valence-corrected chi connectivity index (χ2v) is 6.67. The zero-order valence-electron chi connectivity index (χ0n) is 12.7. The number of carbonyl (C=O) groups is 1. The maximum Gasteiger partial charge on any atom is 0.256 e. The summed E-state index contributed by atoms with van der Waals surface area (Å²) >= 11 is 0. The van der Waals surface area contributed by atoms with Crippen LogP contribution in [0.25, 0.3) is 0 Å². The molecule has 114 valence electrons. The second kappa shape index (κ2) is 5.37. The Kier molecular flexibility index (Phi) is 3.69. The minimum absolute atomic E-state index is 0.140. The van der Waals surface area contributed by atoms with Crippen molar-refractivity contribution in [2.75, 3.05) is 27.2 Å². The number of carbonyl (C=O) groups excluding carboxylic acids is 1. The largest absolute Gasteiger partial charge is 0.339 e. The number of pyridine rings is 1. The van der Waals surface area contributed by atoms with Gasteiger partial charge in [-0.15, -0.1) is 0 Å². The van der Waals surface area contributed by atoms with Crippen LogP contribution in [0.1, 0.15) is 36.0 Å². The summed E-state index contributed by atoms with van der Waals surface area (Å²) in [4.78, 5) is 20.1. The fourth-order valence-electron chi connectivity index (χ4n) is 3.62. The standard InChI is InChI=1S/C16H22FN3O/c1-19(2)12-9-16(10-12)4-7-20(8-5-16)15(21)13-3-6-18-11-14(13)17/h3,6,11-12H,4-5,7-10H2,1-2H3. The van der Waals surface area contributed by atoms with Crippen molar-refractivity contribution in [2.24, 2.45) is 5.41 Å². The molecule has 1 aliphatic heterocycles. The smallest absolute Gasteiger partial charge is 0.256 e. The molecule has 0 N–H and O–H groups in total. The van der Waals surface area contributed by atoms with Crippen molar-refractivity contribution < 1.29 is 9.18 Å². The van der Waals surface area contributed by atoms with E-state index in [4.69, 9.17) is 0 Å². The molecular weight excluding hydrogens is 269 g/mol. The Hall–Kier alpha value is -1.49. The number of aromatic nitrogens is 1. The van der Waals surface area contributed by atoms with Crippen LogP contribution in [-0.4, -0.2) is 53.9 Å². The molecule has 5 heteroatoms. The summed E-state index contributed by atoms with van der Waals surface area (Å²) in [6, 6.07) is 2.15. The third-order valence-electron chi connectivity index (χ3n) is 5.18. The van der Waals surface area contributed by atoms with E-state index < -0.39 is 5.82 Å². The maximum atomic E-state index is 13.6. The van der Waals surface area contributed by atoms with Gasteiger partial charge in [0.25, 0.3) is 5.91 Å². The van der Waals surface area contributed by atoms with E-state index in [1.807, 2.05) is 0 Å². The van der Waals surface area contributed by atoms with E-state index in [1.54, 1.807) is 4.90 Å². The van der Waals surface area contributed by atoms with E-state index in [-0.39, 0.29) is 11.5 Å². The van der Waals surface area contributed by atoms with E-state index in [0.717, 1.165) is 32.1 Å². The number of hydrogen-bond donors (Lipinski definition) is 0. The van der Waals surface area contributed by atoms with Crippen LogP contribution in [0, 0.1) is 11.2 Å². The van der Waals surface area contributed by atoms with E-state index in [2.05, 4.69) is 24.0 Å². The molecule has 1 saturated heterocycles. The molecule has 2 aliphatic rings. The summed E-state index contributed by atoms with van der Waals surface area (Å²) in [7, 11) is 4.25. The molecule has 21 heavy (non-hydrogen) atoms. The lowest BCUT2D eigenvalue weighted by Crippen LogP contribution is -2.54. The van der Waals surface area contributed by atoms with Gasteiger partial charge in [0, 0.05) is 25.3 Å². The first-order valence-electron chi connectivity index (χ1n) is 7.56. The SMILES string of the molecule is CN(C)C1CC2(CCN(C(=O)c3ccncc3F)CC2)C1. The van der Waals surface area contributed by atoms with Gasteiger partial charge in [0.05, 0.1) is 11.8 Å². The zero-order chi connectivity index (χ0) is 15.0. The molecule has 2 fully saturated rings. The molecule has 1 spiro atoms. The molecule has 0 unspecified atom stereocenters. The highest BCUT2D eigenvalue weighted by Crippen LogP contribution is 2.50. The third-order valence-corrected chi connectivity index (χ3v) is 5.18. The van der Waals surface area contributed by atoms with Crippen LogP contribution in [0.2, 0.25) is 0 Å². The number of halogens is 1. The van der Waals surface area contributed by atoms with E-state index >= 15 is 0 Å². The number of rotatable bonds is 2. The second-order valence-electron chi connectivity index (χ2n) is 6.67. The van der Waals surface area contributed by atoms with Crippen molar-refractivity contribution in [2.45, 2.75) is 31.7 Å². The molecule has 3 rings (SSSR count). The lowest BCUT2D eigenvalue weighted by Gasteiger charge is -2.54. The van der Waals surface area contributed by atoms with Gasteiger partial charge in [-0.1, -0.05) is 0 Å². The number of nitrogens with zero attached hydrogens (tertiary/aromatic N) is 3. The average molecular weight is 291 g/mol. The Labute approximate surface area is 125 Å². The number of piperidine rings is 1. The topological polar surface area (TPSA) is 36.4 Å². The van der Waals surface area contributed by atoms with Crippen molar-refractivity contribution in [3.8, 4) is 0 Å². The minimum Gasteiger partial charge on any atom is -0.339 e.